The van der Waals surface area contributed by atoms with Crippen molar-refractivity contribution in [3.63, 3.8) is 0 Å². The van der Waals surface area contributed by atoms with Crippen LogP contribution in [0.4, 0.5) is 0 Å². The van der Waals surface area contributed by atoms with E-state index in [1.54, 1.807) is 0 Å². The average molecular weight is 387 g/mol. The molecule has 0 radical (unpaired) electrons. The van der Waals surface area contributed by atoms with Crippen LogP contribution in [0.5, 0.6) is 0 Å². The number of benzene rings is 2. The summed E-state index contributed by atoms with van der Waals surface area (Å²) in [5.41, 5.74) is 8.43. The van der Waals surface area contributed by atoms with Gasteiger partial charge in [0.05, 0.1) is 13.2 Å². The van der Waals surface area contributed by atoms with E-state index in [9.17, 15) is 0 Å². The summed E-state index contributed by atoms with van der Waals surface area (Å²) in [5.74, 6) is 0. The van der Waals surface area contributed by atoms with Crippen molar-refractivity contribution in [2.45, 2.75) is 22.9 Å². The van der Waals surface area contributed by atoms with Gasteiger partial charge in [-0.3, -0.25) is 4.90 Å². The van der Waals surface area contributed by atoms with E-state index in [0.29, 0.717) is 6.54 Å². The van der Waals surface area contributed by atoms with Gasteiger partial charge in [0.25, 0.3) is 0 Å². The molecule has 1 saturated heterocycles. The highest BCUT2D eigenvalue weighted by molar-refractivity contribution is 7.99. The third-order valence-corrected chi connectivity index (χ3v) is 5.12. The molecular weight excluding hydrogens is 363 g/mol. The van der Waals surface area contributed by atoms with E-state index < -0.39 is 0 Å². The molecule has 0 saturated carbocycles. The van der Waals surface area contributed by atoms with Gasteiger partial charge in [0, 0.05) is 36.0 Å². The minimum Gasteiger partial charge on any atom is -0.379 e. The number of rotatable bonds is 5. The summed E-state index contributed by atoms with van der Waals surface area (Å²) in [6, 6.07) is 17.0. The lowest BCUT2D eigenvalue weighted by atomic mass is 10.2. The van der Waals surface area contributed by atoms with Crippen molar-refractivity contribution in [3.05, 3.63) is 59.7 Å². The maximum atomic E-state index is 5.86. The predicted molar refractivity (Wildman–Crippen MR) is 105 cm³/mol. The molecule has 2 aromatic rings. The first-order chi connectivity index (χ1) is 10.9. The van der Waals surface area contributed by atoms with Crippen molar-refractivity contribution in [2.75, 3.05) is 26.3 Å². The summed E-state index contributed by atoms with van der Waals surface area (Å²) in [5, 5.41) is 0. The van der Waals surface area contributed by atoms with Gasteiger partial charge in [-0.15, -0.1) is 24.8 Å². The molecule has 24 heavy (non-hydrogen) atoms. The van der Waals surface area contributed by atoms with Crippen molar-refractivity contribution < 1.29 is 4.74 Å². The second-order valence-corrected chi connectivity index (χ2v) is 6.49. The highest BCUT2D eigenvalue weighted by Crippen LogP contribution is 2.33. The van der Waals surface area contributed by atoms with Crippen LogP contribution in [0.1, 0.15) is 11.1 Å². The van der Waals surface area contributed by atoms with Gasteiger partial charge in [-0.1, -0.05) is 48.2 Å². The molecule has 0 amide bonds. The van der Waals surface area contributed by atoms with Crippen molar-refractivity contribution in [3.8, 4) is 0 Å². The molecule has 1 fully saturated rings. The first kappa shape index (κ1) is 21.3. The lowest BCUT2D eigenvalue weighted by Crippen LogP contribution is -2.35. The molecule has 3 rings (SSSR count). The first-order valence-corrected chi connectivity index (χ1v) is 8.52. The van der Waals surface area contributed by atoms with E-state index in [4.69, 9.17) is 10.5 Å². The van der Waals surface area contributed by atoms with E-state index in [1.165, 1.54) is 20.9 Å². The highest BCUT2D eigenvalue weighted by Gasteiger charge is 2.13. The van der Waals surface area contributed by atoms with E-state index in [2.05, 4.69) is 47.4 Å². The van der Waals surface area contributed by atoms with Crippen LogP contribution in [0.2, 0.25) is 0 Å². The zero-order chi connectivity index (χ0) is 15.2. The van der Waals surface area contributed by atoms with Gasteiger partial charge in [0.15, 0.2) is 0 Å². The molecule has 1 aliphatic heterocycles. The number of hydrogen-bond acceptors (Lipinski definition) is 4. The second kappa shape index (κ2) is 11.0. The van der Waals surface area contributed by atoms with Crippen LogP contribution in [0.25, 0.3) is 0 Å². The Bertz CT molecular complexity index is 621. The second-order valence-electron chi connectivity index (χ2n) is 5.41. The molecular formula is C18H24Cl2N2OS. The maximum absolute atomic E-state index is 5.86. The Balaban J connectivity index is 0.00000144. The van der Waals surface area contributed by atoms with Crippen LogP contribution in [-0.4, -0.2) is 31.2 Å². The van der Waals surface area contributed by atoms with Gasteiger partial charge >= 0.3 is 0 Å². The van der Waals surface area contributed by atoms with Gasteiger partial charge < -0.3 is 10.5 Å². The monoisotopic (exact) mass is 386 g/mol. The largest absolute Gasteiger partial charge is 0.379 e. The number of morpholine rings is 1. The van der Waals surface area contributed by atoms with Gasteiger partial charge in [-0.25, -0.2) is 0 Å². The molecule has 1 heterocycles. The molecule has 6 heteroatoms. The minimum atomic E-state index is 0. The normalized spacial score (nSPS) is 14.5. The third kappa shape index (κ3) is 5.66. The zero-order valence-corrected chi connectivity index (χ0v) is 16.0. The molecule has 0 bridgehead atoms. The van der Waals surface area contributed by atoms with E-state index in [1.807, 2.05) is 17.8 Å². The Hall–Kier alpha value is -0.750. The molecule has 2 aromatic carbocycles. The lowest BCUT2D eigenvalue weighted by Gasteiger charge is -2.27. The predicted octanol–water partition coefficient (Wildman–Crippen LogP) is 3.97. The summed E-state index contributed by atoms with van der Waals surface area (Å²) in [6.07, 6.45) is 0. The molecule has 0 atom stereocenters. The Kier molecular flexibility index (Phi) is 9.74. The fraction of sp³-hybridized carbons (Fsp3) is 0.333. The summed E-state index contributed by atoms with van der Waals surface area (Å²) in [4.78, 5) is 5.02. The molecule has 0 spiro atoms. The molecule has 0 aliphatic carbocycles. The van der Waals surface area contributed by atoms with Crippen molar-refractivity contribution in [1.82, 2.24) is 4.90 Å². The highest BCUT2D eigenvalue weighted by atomic mass is 35.5. The van der Waals surface area contributed by atoms with Crippen LogP contribution in [-0.2, 0) is 17.8 Å². The smallest absolute Gasteiger partial charge is 0.0594 e. The van der Waals surface area contributed by atoms with Gasteiger partial charge in [0.1, 0.15) is 0 Å². The summed E-state index contributed by atoms with van der Waals surface area (Å²) < 4.78 is 5.43. The number of halogens is 2. The number of ether oxygens (including phenoxy) is 1. The van der Waals surface area contributed by atoms with Gasteiger partial charge in [-0.05, 0) is 23.3 Å². The first-order valence-electron chi connectivity index (χ1n) is 7.70. The lowest BCUT2D eigenvalue weighted by molar-refractivity contribution is 0.0338. The van der Waals surface area contributed by atoms with Crippen LogP contribution in [0, 0.1) is 0 Å². The van der Waals surface area contributed by atoms with Gasteiger partial charge in [-0.2, -0.15) is 0 Å². The SMILES string of the molecule is Cl.Cl.NCc1ccccc1Sc1ccccc1CN1CCOCC1. The fourth-order valence-electron chi connectivity index (χ4n) is 2.62. The molecule has 2 N–H and O–H groups in total. The standard InChI is InChI=1S/C18H22N2OS.2ClH/c19-13-15-5-1-3-7-17(15)22-18-8-4-2-6-16(18)14-20-9-11-21-12-10-20;;/h1-8H,9-14,19H2;2*1H. The average Bonchev–Trinajstić information content (AvgIpc) is 2.58. The third-order valence-electron chi connectivity index (χ3n) is 3.88. The van der Waals surface area contributed by atoms with Crippen LogP contribution < -0.4 is 5.73 Å². The molecule has 0 aromatic heterocycles. The van der Waals surface area contributed by atoms with Crippen LogP contribution in [0.3, 0.4) is 0 Å². The molecule has 1 aliphatic rings. The van der Waals surface area contributed by atoms with Crippen LogP contribution >= 0.6 is 36.6 Å². The van der Waals surface area contributed by atoms with E-state index in [-0.39, 0.29) is 24.8 Å². The fourth-order valence-corrected chi connectivity index (χ4v) is 3.70. The summed E-state index contributed by atoms with van der Waals surface area (Å²) >= 11 is 1.82. The zero-order valence-electron chi connectivity index (χ0n) is 13.5. The Morgan fingerprint density at radius 1 is 0.875 bits per heavy atom. The Labute approximate surface area is 160 Å². The number of nitrogens with two attached hydrogens (primary N) is 1. The Morgan fingerprint density at radius 2 is 1.42 bits per heavy atom. The van der Waals surface area contributed by atoms with E-state index >= 15 is 0 Å². The quantitative estimate of drug-likeness (QED) is 0.843. The topological polar surface area (TPSA) is 38.5 Å². The van der Waals surface area contributed by atoms with Crippen molar-refractivity contribution >= 4 is 36.6 Å². The van der Waals surface area contributed by atoms with Crippen LogP contribution in [0.15, 0.2) is 58.3 Å². The summed E-state index contributed by atoms with van der Waals surface area (Å²) in [7, 11) is 0. The van der Waals surface area contributed by atoms with Crippen molar-refractivity contribution in [1.29, 1.82) is 0 Å². The van der Waals surface area contributed by atoms with E-state index in [0.717, 1.165) is 32.8 Å². The number of nitrogens with zero attached hydrogens (tertiary/aromatic N) is 1. The molecule has 132 valence electrons. The van der Waals surface area contributed by atoms with Crippen molar-refractivity contribution in [2.24, 2.45) is 5.73 Å². The summed E-state index contributed by atoms with van der Waals surface area (Å²) in [6.45, 7) is 5.26. The molecule has 0 unspecified atom stereocenters. The minimum absolute atomic E-state index is 0. The maximum Gasteiger partial charge on any atom is 0.0594 e. The molecule has 3 nitrogen and oxygen atoms in total. The van der Waals surface area contributed by atoms with Gasteiger partial charge in [0.2, 0.25) is 0 Å². The Morgan fingerprint density at radius 3 is 2.04 bits per heavy atom. The number of hydrogen-bond donors (Lipinski definition) is 1.